The molecule has 2 aromatic rings. The summed E-state index contributed by atoms with van der Waals surface area (Å²) in [5.74, 6) is 5.15. The average Bonchev–Trinajstić information content (AvgIpc) is 3.14. The Hall–Kier alpha value is -2.56. The topological polar surface area (TPSA) is 142 Å². The Morgan fingerprint density at radius 1 is 1.52 bits per heavy atom. The maximum atomic E-state index is 12.7. The molecule has 2 amide bonds. The minimum Gasteiger partial charge on any atom is -0.752 e. The number of halogens is 1. The smallest absolute Gasteiger partial charge is 0.421 e. The second kappa shape index (κ2) is 8.85. The molecule has 1 fully saturated rings. The van der Waals surface area contributed by atoms with Crippen molar-refractivity contribution in [2.75, 3.05) is 23.1 Å². The van der Waals surface area contributed by atoms with Crippen LogP contribution in [0.5, 0.6) is 0 Å². The lowest BCUT2D eigenvalue weighted by Gasteiger charge is -2.38. The van der Waals surface area contributed by atoms with E-state index in [1.807, 2.05) is 11.8 Å². The highest BCUT2D eigenvalue weighted by atomic mass is 35.5. The van der Waals surface area contributed by atoms with Crippen LogP contribution in [0, 0.1) is 5.21 Å². The monoisotopic (exact) mass is 423 g/mol. The van der Waals surface area contributed by atoms with Gasteiger partial charge in [0.25, 0.3) is 0 Å². The number of carbonyl (C=O) groups is 2. The summed E-state index contributed by atoms with van der Waals surface area (Å²) in [6, 6.07) is -0.419. The normalized spacial score (nSPS) is 16.8. The van der Waals surface area contributed by atoms with Gasteiger partial charge in [-0.1, -0.05) is 24.9 Å². The molecule has 4 N–H and O–H groups in total. The molecular weight excluding hydrogens is 400 g/mol. The number of piperidine rings is 1. The Kier molecular flexibility index (Phi) is 6.46. The van der Waals surface area contributed by atoms with Gasteiger partial charge in [0, 0.05) is 25.7 Å². The molecule has 1 aliphatic heterocycles. The molecule has 2 aromatic heterocycles. The molecule has 1 aliphatic rings. The maximum absolute atomic E-state index is 12.7. The third-order valence-corrected chi connectivity index (χ3v) is 5.40. The van der Waals surface area contributed by atoms with Crippen LogP contribution in [0.25, 0.3) is 11.0 Å². The fraction of sp³-hybridized carbons (Fsp3) is 0.500. The van der Waals surface area contributed by atoms with Gasteiger partial charge in [-0.25, -0.2) is 20.6 Å². The van der Waals surface area contributed by atoms with E-state index in [4.69, 9.17) is 17.4 Å². The number of hydroxylamine groups is 1. The summed E-state index contributed by atoms with van der Waals surface area (Å²) in [6.07, 6.45) is 4.61. The van der Waals surface area contributed by atoms with Crippen molar-refractivity contribution in [1.82, 2.24) is 15.0 Å². The molecule has 158 valence electrons. The molecule has 0 spiro atoms. The Balaban J connectivity index is 1.99. The highest BCUT2D eigenvalue weighted by Crippen LogP contribution is 2.40. The first-order valence-corrected chi connectivity index (χ1v) is 9.90. The summed E-state index contributed by atoms with van der Waals surface area (Å²) in [4.78, 5) is 32.6. The largest absolute Gasteiger partial charge is 0.752 e. The number of aromatic amines is 1. The third-order valence-electron chi connectivity index (χ3n) is 5.13. The first kappa shape index (κ1) is 21.2. The molecular formula is C18H24ClN6O4-. The number of rotatable bonds is 6. The number of nitrogens with two attached hydrogens (primary N) is 1. The van der Waals surface area contributed by atoms with Gasteiger partial charge in [0.05, 0.1) is 34.0 Å². The van der Waals surface area contributed by atoms with Crippen molar-refractivity contribution in [3.8, 4) is 0 Å². The number of aromatic nitrogens is 2. The minimum atomic E-state index is -1.21. The predicted molar refractivity (Wildman–Crippen MR) is 111 cm³/mol. The van der Waals surface area contributed by atoms with Gasteiger partial charge in [-0.15, -0.1) is 0 Å². The lowest BCUT2D eigenvalue weighted by Crippen LogP contribution is -2.53. The van der Waals surface area contributed by atoms with Crippen molar-refractivity contribution >= 4 is 46.0 Å². The van der Waals surface area contributed by atoms with Crippen LogP contribution in [0.2, 0.25) is 5.02 Å². The van der Waals surface area contributed by atoms with E-state index in [0.29, 0.717) is 59.2 Å². The molecule has 0 saturated carbocycles. The van der Waals surface area contributed by atoms with E-state index < -0.39 is 18.0 Å². The van der Waals surface area contributed by atoms with Crippen molar-refractivity contribution in [1.29, 1.82) is 0 Å². The Morgan fingerprint density at radius 3 is 2.97 bits per heavy atom. The lowest BCUT2D eigenvalue weighted by molar-refractivity contribution is -0.118. The Labute approximate surface area is 172 Å². The zero-order valence-electron chi connectivity index (χ0n) is 16.1. The second-order valence-electron chi connectivity index (χ2n) is 7.08. The molecule has 0 unspecified atom stereocenters. The van der Waals surface area contributed by atoms with Gasteiger partial charge in [-0.3, -0.25) is 4.79 Å². The fourth-order valence-corrected chi connectivity index (χ4v) is 3.88. The molecule has 0 bridgehead atoms. The number of carbonyl (C=O) groups excluding carboxylic acids is 1. The Bertz CT molecular complexity index is 904. The van der Waals surface area contributed by atoms with Gasteiger partial charge in [0.2, 0.25) is 5.91 Å². The first-order chi connectivity index (χ1) is 13.8. The molecule has 1 saturated heterocycles. The van der Waals surface area contributed by atoms with E-state index in [1.54, 1.807) is 0 Å². The molecule has 0 aromatic carbocycles. The molecule has 29 heavy (non-hydrogen) atoms. The van der Waals surface area contributed by atoms with Gasteiger partial charge in [0.1, 0.15) is 5.65 Å². The summed E-state index contributed by atoms with van der Waals surface area (Å²) in [6.45, 7) is 2.87. The molecule has 3 rings (SSSR count). The highest BCUT2D eigenvalue weighted by molar-refractivity contribution is 6.35. The molecule has 11 heteroatoms. The number of unbranched alkanes of at least 4 members (excludes halogenated alkanes) is 1. The lowest BCUT2D eigenvalue weighted by atomic mass is 10.0. The summed E-state index contributed by atoms with van der Waals surface area (Å²) >= 11 is 6.44. The van der Waals surface area contributed by atoms with Crippen LogP contribution in [0.1, 0.15) is 39.0 Å². The van der Waals surface area contributed by atoms with Gasteiger partial charge in [-0.05, 0) is 19.3 Å². The van der Waals surface area contributed by atoms with E-state index >= 15 is 0 Å². The standard InChI is InChI=1S/C18H24ClN6O4/c1-2-3-6-14(26)25(29)13-9-22-17-15(13)16(12(19)8-21-17)23-7-4-5-11(10-23)24(20)18(27)28/h8-9,11H,2-7,10,20H2,1H3,(H,21,22)(H,27,28)/q-1/t11-/m1/s1. The highest BCUT2D eigenvalue weighted by Gasteiger charge is 2.30. The second-order valence-corrected chi connectivity index (χ2v) is 7.48. The number of fused-ring (bicyclic) bond motifs is 1. The minimum absolute atomic E-state index is 0.149. The first-order valence-electron chi connectivity index (χ1n) is 9.52. The summed E-state index contributed by atoms with van der Waals surface area (Å²) in [7, 11) is 0. The third kappa shape index (κ3) is 4.24. The predicted octanol–water partition coefficient (Wildman–Crippen LogP) is 3.06. The Morgan fingerprint density at radius 2 is 2.28 bits per heavy atom. The van der Waals surface area contributed by atoms with Crippen LogP contribution in [-0.2, 0) is 4.79 Å². The van der Waals surface area contributed by atoms with Crippen molar-refractivity contribution < 1.29 is 14.7 Å². The fourth-order valence-electron chi connectivity index (χ4n) is 3.61. The van der Waals surface area contributed by atoms with Crippen LogP contribution in [0.3, 0.4) is 0 Å². The number of anilines is 2. The number of H-pyrrole nitrogens is 1. The number of nitrogens with one attached hydrogen (secondary N) is 1. The molecule has 3 heterocycles. The van der Waals surface area contributed by atoms with Gasteiger partial charge >= 0.3 is 6.09 Å². The van der Waals surface area contributed by atoms with Crippen LogP contribution < -0.4 is 15.8 Å². The molecule has 0 aliphatic carbocycles. The van der Waals surface area contributed by atoms with Crippen molar-refractivity contribution in [2.24, 2.45) is 5.84 Å². The van der Waals surface area contributed by atoms with Crippen LogP contribution in [0.4, 0.5) is 16.2 Å². The van der Waals surface area contributed by atoms with Crippen LogP contribution in [0.15, 0.2) is 12.4 Å². The SMILES string of the molecule is CCCCC(=O)N([O-])c1c[nH]c2ncc(Cl)c(N3CCC[C@@H](N(N)C(=O)O)C3)c12. The number of pyridine rings is 1. The maximum Gasteiger partial charge on any atom is 0.421 e. The van der Waals surface area contributed by atoms with Gasteiger partial charge in [-0.2, -0.15) is 0 Å². The van der Waals surface area contributed by atoms with E-state index in [2.05, 4.69) is 9.97 Å². The quantitative estimate of drug-likeness (QED) is 0.368. The number of nitrogens with zero attached hydrogens (tertiary/aromatic N) is 4. The molecule has 1 atom stereocenters. The molecule has 0 radical (unpaired) electrons. The van der Waals surface area contributed by atoms with Crippen molar-refractivity contribution in [2.45, 2.75) is 45.1 Å². The summed E-state index contributed by atoms with van der Waals surface area (Å²) in [5, 5.41) is 23.8. The van der Waals surface area contributed by atoms with E-state index in [9.17, 15) is 19.9 Å². The number of hydrogen-bond acceptors (Lipinski definition) is 6. The van der Waals surface area contributed by atoms with E-state index in [0.717, 1.165) is 11.4 Å². The van der Waals surface area contributed by atoms with Crippen LogP contribution in [-0.4, -0.2) is 51.2 Å². The van der Waals surface area contributed by atoms with E-state index in [-0.39, 0.29) is 12.1 Å². The van der Waals surface area contributed by atoms with Crippen LogP contribution >= 0.6 is 11.6 Å². The average molecular weight is 424 g/mol. The summed E-state index contributed by atoms with van der Waals surface area (Å²) < 4.78 is 0. The number of amides is 2. The van der Waals surface area contributed by atoms with Crippen molar-refractivity contribution in [3.63, 3.8) is 0 Å². The van der Waals surface area contributed by atoms with Gasteiger partial charge < -0.3 is 25.3 Å². The van der Waals surface area contributed by atoms with Gasteiger partial charge in [0.15, 0.2) is 0 Å². The number of carboxylic acid groups (broad SMARTS) is 1. The van der Waals surface area contributed by atoms with E-state index in [1.165, 1.54) is 12.4 Å². The zero-order valence-corrected chi connectivity index (χ0v) is 16.9. The molecule has 10 nitrogen and oxygen atoms in total. The zero-order chi connectivity index (χ0) is 21.1. The number of hydrazine groups is 1. The summed E-state index contributed by atoms with van der Waals surface area (Å²) in [5.41, 5.74) is 1.12. The number of hydrogen-bond donors (Lipinski definition) is 3. The van der Waals surface area contributed by atoms with Crippen molar-refractivity contribution in [3.05, 3.63) is 22.6 Å².